The third kappa shape index (κ3) is 2.50. The third-order valence-corrected chi connectivity index (χ3v) is 3.61. The molecule has 21 heavy (non-hydrogen) atoms. The number of aromatic nitrogens is 2. The maximum Gasteiger partial charge on any atom is 0.126 e. The predicted octanol–water partition coefficient (Wildman–Crippen LogP) is 4.22. The van der Waals surface area contributed by atoms with Crippen molar-refractivity contribution < 1.29 is 4.39 Å². The van der Waals surface area contributed by atoms with Gasteiger partial charge in [-0.25, -0.2) is 9.07 Å². The van der Waals surface area contributed by atoms with Gasteiger partial charge >= 0.3 is 0 Å². The fraction of sp³-hybridized carbons (Fsp3) is 0.0625. The van der Waals surface area contributed by atoms with Crippen LogP contribution in [0.5, 0.6) is 0 Å². The average molecular weight is 302 g/mol. The minimum atomic E-state index is -0.279. The molecule has 2 aromatic carbocycles. The molecule has 0 aliphatic carbocycles. The summed E-state index contributed by atoms with van der Waals surface area (Å²) >= 11 is 6.15. The van der Waals surface area contributed by atoms with Crippen LogP contribution < -0.4 is 5.73 Å². The third-order valence-electron chi connectivity index (χ3n) is 3.29. The monoisotopic (exact) mass is 301 g/mol. The molecule has 3 aromatic rings. The van der Waals surface area contributed by atoms with E-state index < -0.39 is 0 Å². The van der Waals surface area contributed by atoms with Crippen molar-refractivity contribution in [2.75, 3.05) is 5.73 Å². The highest BCUT2D eigenvalue weighted by Gasteiger charge is 2.12. The Morgan fingerprint density at radius 3 is 2.67 bits per heavy atom. The van der Waals surface area contributed by atoms with Crippen LogP contribution in [0.1, 0.15) is 5.56 Å². The number of hydrogen-bond donors (Lipinski definition) is 1. The van der Waals surface area contributed by atoms with Crippen LogP contribution in [0.2, 0.25) is 5.02 Å². The second kappa shape index (κ2) is 5.22. The van der Waals surface area contributed by atoms with Gasteiger partial charge in [0.15, 0.2) is 0 Å². The number of nitrogens with zero attached hydrogens (tertiary/aromatic N) is 2. The lowest BCUT2D eigenvalue weighted by atomic mass is 10.1. The summed E-state index contributed by atoms with van der Waals surface area (Å²) in [6.07, 6.45) is 1.67. The van der Waals surface area contributed by atoms with Crippen molar-refractivity contribution in [2.24, 2.45) is 0 Å². The maximum absolute atomic E-state index is 13.7. The highest BCUT2D eigenvalue weighted by atomic mass is 35.5. The number of benzene rings is 2. The van der Waals surface area contributed by atoms with E-state index in [4.69, 9.17) is 17.3 Å². The molecule has 2 N–H and O–H groups in total. The van der Waals surface area contributed by atoms with Gasteiger partial charge in [0.05, 0.1) is 22.6 Å². The maximum atomic E-state index is 13.7. The van der Waals surface area contributed by atoms with Gasteiger partial charge < -0.3 is 5.73 Å². The highest BCUT2D eigenvalue weighted by Crippen LogP contribution is 2.28. The number of halogens is 2. The van der Waals surface area contributed by atoms with Gasteiger partial charge in [-0.3, -0.25) is 0 Å². The fourth-order valence-corrected chi connectivity index (χ4v) is 2.34. The molecule has 3 nitrogen and oxygen atoms in total. The van der Waals surface area contributed by atoms with Gasteiger partial charge in [-0.1, -0.05) is 35.9 Å². The van der Waals surface area contributed by atoms with Crippen molar-refractivity contribution in [3.05, 3.63) is 65.1 Å². The van der Waals surface area contributed by atoms with Gasteiger partial charge in [0.2, 0.25) is 0 Å². The standard InChI is InChI=1S/C16H13ClFN3/c1-10-6-7-11(8-13(10)18)16-14(19)9-21(20-16)15-5-3-2-4-12(15)17/h2-9H,19H2,1H3. The van der Waals surface area contributed by atoms with Crippen molar-refractivity contribution in [2.45, 2.75) is 6.92 Å². The summed E-state index contributed by atoms with van der Waals surface area (Å²) in [7, 11) is 0. The van der Waals surface area contributed by atoms with Crippen molar-refractivity contribution in [3.8, 4) is 16.9 Å². The van der Waals surface area contributed by atoms with E-state index in [9.17, 15) is 4.39 Å². The van der Waals surface area contributed by atoms with Crippen LogP contribution in [-0.4, -0.2) is 9.78 Å². The van der Waals surface area contributed by atoms with Crippen molar-refractivity contribution in [1.82, 2.24) is 9.78 Å². The van der Waals surface area contributed by atoms with Crippen molar-refractivity contribution >= 4 is 17.3 Å². The zero-order valence-corrected chi connectivity index (χ0v) is 12.1. The fourth-order valence-electron chi connectivity index (χ4n) is 2.11. The first-order valence-electron chi connectivity index (χ1n) is 6.43. The number of anilines is 1. The molecule has 0 aliphatic heterocycles. The Bertz CT molecular complexity index is 811. The number of rotatable bonds is 2. The molecule has 3 rings (SSSR count). The molecule has 0 bridgehead atoms. The quantitative estimate of drug-likeness (QED) is 0.770. The molecular weight excluding hydrogens is 289 g/mol. The Hall–Kier alpha value is -2.33. The van der Waals surface area contributed by atoms with Gasteiger partial charge in [0.1, 0.15) is 11.5 Å². The summed E-state index contributed by atoms with van der Waals surface area (Å²) in [4.78, 5) is 0. The molecule has 0 spiro atoms. The van der Waals surface area contributed by atoms with Gasteiger partial charge in [0, 0.05) is 5.56 Å². The van der Waals surface area contributed by atoms with E-state index in [1.54, 1.807) is 36.0 Å². The molecule has 1 aromatic heterocycles. The molecular formula is C16H13ClFN3. The van der Waals surface area contributed by atoms with E-state index in [-0.39, 0.29) is 5.82 Å². The summed E-state index contributed by atoms with van der Waals surface area (Å²) in [5.74, 6) is -0.279. The molecule has 0 atom stereocenters. The molecule has 0 radical (unpaired) electrons. The lowest BCUT2D eigenvalue weighted by Gasteiger charge is -2.03. The van der Waals surface area contributed by atoms with Crippen LogP contribution in [0, 0.1) is 12.7 Å². The van der Waals surface area contributed by atoms with Gasteiger partial charge in [-0.05, 0) is 30.7 Å². The topological polar surface area (TPSA) is 43.8 Å². The van der Waals surface area contributed by atoms with Crippen LogP contribution in [0.3, 0.4) is 0 Å². The van der Waals surface area contributed by atoms with E-state index in [1.165, 1.54) is 6.07 Å². The first-order chi connectivity index (χ1) is 10.1. The minimum Gasteiger partial charge on any atom is -0.396 e. The van der Waals surface area contributed by atoms with E-state index in [2.05, 4.69) is 5.10 Å². The van der Waals surface area contributed by atoms with E-state index in [0.29, 0.717) is 27.5 Å². The minimum absolute atomic E-state index is 0.279. The second-order valence-corrected chi connectivity index (χ2v) is 5.20. The number of nitrogen functional groups attached to an aromatic ring is 1. The van der Waals surface area contributed by atoms with Crippen LogP contribution in [0.25, 0.3) is 16.9 Å². The Balaban J connectivity index is 2.10. The second-order valence-electron chi connectivity index (χ2n) is 4.79. The van der Waals surface area contributed by atoms with Crippen LogP contribution >= 0.6 is 11.6 Å². The zero-order valence-electron chi connectivity index (χ0n) is 11.3. The number of para-hydroxylation sites is 1. The van der Waals surface area contributed by atoms with Gasteiger partial charge in [-0.2, -0.15) is 5.10 Å². The summed E-state index contributed by atoms with van der Waals surface area (Å²) in [6, 6.07) is 12.3. The molecule has 0 fully saturated rings. The normalized spacial score (nSPS) is 10.8. The van der Waals surface area contributed by atoms with Crippen molar-refractivity contribution in [1.29, 1.82) is 0 Å². The summed E-state index contributed by atoms with van der Waals surface area (Å²) in [5, 5.41) is 4.99. The number of aryl methyl sites for hydroxylation is 1. The average Bonchev–Trinajstić information content (AvgIpc) is 2.84. The molecule has 5 heteroatoms. The van der Waals surface area contributed by atoms with Crippen LogP contribution in [0.15, 0.2) is 48.7 Å². The van der Waals surface area contributed by atoms with E-state index in [1.807, 2.05) is 18.2 Å². The molecule has 106 valence electrons. The van der Waals surface area contributed by atoms with Gasteiger partial charge in [0.25, 0.3) is 0 Å². The predicted molar refractivity (Wildman–Crippen MR) is 83.1 cm³/mol. The Labute approximate surface area is 126 Å². The Morgan fingerprint density at radius 1 is 1.19 bits per heavy atom. The van der Waals surface area contributed by atoms with Crippen LogP contribution in [-0.2, 0) is 0 Å². The molecule has 0 aliphatic rings. The van der Waals surface area contributed by atoms with E-state index >= 15 is 0 Å². The van der Waals surface area contributed by atoms with Gasteiger partial charge in [-0.15, -0.1) is 0 Å². The molecule has 0 saturated carbocycles. The SMILES string of the molecule is Cc1ccc(-c2nn(-c3ccccc3Cl)cc2N)cc1F. The lowest BCUT2D eigenvalue weighted by molar-refractivity contribution is 0.619. The number of hydrogen-bond acceptors (Lipinski definition) is 2. The lowest BCUT2D eigenvalue weighted by Crippen LogP contribution is -1.95. The van der Waals surface area contributed by atoms with Crippen molar-refractivity contribution in [3.63, 3.8) is 0 Å². The Morgan fingerprint density at radius 2 is 1.95 bits per heavy atom. The van der Waals surface area contributed by atoms with E-state index in [0.717, 1.165) is 5.69 Å². The van der Waals surface area contributed by atoms with Crippen LogP contribution in [0.4, 0.5) is 10.1 Å². The molecule has 0 amide bonds. The first-order valence-corrected chi connectivity index (χ1v) is 6.80. The largest absolute Gasteiger partial charge is 0.396 e. The summed E-state index contributed by atoms with van der Waals surface area (Å²) in [5.41, 5.74) is 8.96. The molecule has 0 saturated heterocycles. The number of nitrogens with two attached hydrogens (primary N) is 1. The summed E-state index contributed by atoms with van der Waals surface area (Å²) in [6.45, 7) is 1.71. The molecule has 1 heterocycles. The highest BCUT2D eigenvalue weighted by molar-refractivity contribution is 6.32. The molecule has 0 unspecified atom stereocenters. The Kier molecular flexibility index (Phi) is 3.39. The smallest absolute Gasteiger partial charge is 0.126 e. The first kappa shape index (κ1) is 13.6. The zero-order chi connectivity index (χ0) is 15.0. The summed E-state index contributed by atoms with van der Waals surface area (Å²) < 4.78 is 15.3.